The Bertz CT molecular complexity index is 781. The van der Waals surface area contributed by atoms with Gasteiger partial charge in [0.15, 0.2) is 0 Å². The van der Waals surface area contributed by atoms with Gasteiger partial charge in [0.05, 0.1) is 5.92 Å². The SMILES string of the molecule is Nc1ccn2c(=O)c(C3CCC(=O)NC3=O)cnc2c1. The highest BCUT2D eigenvalue weighted by atomic mass is 16.2. The number of hydrogen-bond donors (Lipinski definition) is 2. The second kappa shape index (κ2) is 4.44. The predicted molar refractivity (Wildman–Crippen MR) is 71.0 cm³/mol. The van der Waals surface area contributed by atoms with Gasteiger partial charge in [-0.15, -0.1) is 0 Å². The number of anilines is 1. The van der Waals surface area contributed by atoms with Crippen LogP contribution in [0.2, 0.25) is 0 Å². The summed E-state index contributed by atoms with van der Waals surface area (Å²) >= 11 is 0. The number of nitrogens with one attached hydrogen (secondary N) is 1. The van der Waals surface area contributed by atoms with E-state index >= 15 is 0 Å². The van der Waals surface area contributed by atoms with E-state index in [4.69, 9.17) is 5.73 Å². The van der Waals surface area contributed by atoms with Crippen molar-refractivity contribution in [2.75, 3.05) is 5.73 Å². The van der Waals surface area contributed by atoms with E-state index in [1.807, 2.05) is 0 Å². The van der Waals surface area contributed by atoms with Crippen molar-refractivity contribution in [1.29, 1.82) is 0 Å². The first-order valence-electron chi connectivity index (χ1n) is 6.17. The molecule has 1 atom stereocenters. The second-order valence-electron chi connectivity index (χ2n) is 4.71. The molecule has 1 fully saturated rings. The van der Waals surface area contributed by atoms with Crippen LogP contribution in [0.4, 0.5) is 5.69 Å². The molecule has 3 rings (SSSR count). The lowest BCUT2D eigenvalue weighted by molar-refractivity contribution is -0.134. The van der Waals surface area contributed by atoms with Crippen LogP contribution in [-0.4, -0.2) is 21.2 Å². The number of aromatic nitrogens is 2. The van der Waals surface area contributed by atoms with Crippen molar-refractivity contribution in [2.45, 2.75) is 18.8 Å². The third-order valence-electron chi connectivity index (χ3n) is 3.37. The molecule has 0 saturated carbocycles. The van der Waals surface area contributed by atoms with E-state index in [0.29, 0.717) is 17.8 Å². The molecule has 0 spiro atoms. The minimum absolute atomic E-state index is 0.223. The van der Waals surface area contributed by atoms with E-state index in [0.717, 1.165) is 0 Å². The number of pyridine rings is 1. The molecule has 1 aliphatic heterocycles. The highest BCUT2D eigenvalue weighted by Crippen LogP contribution is 2.21. The molecule has 1 unspecified atom stereocenters. The van der Waals surface area contributed by atoms with Crippen LogP contribution < -0.4 is 16.6 Å². The summed E-state index contributed by atoms with van der Waals surface area (Å²) in [7, 11) is 0. The van der Waals surface area contributed by atoms with E-state index < -0.39 is 11.8 Å². The molecule has 1 saturated heterocycles. The lowest BCUT2D eigenvalue weighted by Gasteiger charge is -2.20. The van der Waals surface area contributed by atoms with E-state index in [1.54, 1.807) is 12.1 Å². The summed E-state index contributed by atoms with van der Waals surface area (Å²) in [6, 6.07) is 3.17. The first kappa shape index (κ1) is 12.3. The number of amides is 2. The smallest absolute Gasteiger partial charge is 0.261 e. The molecule has 0 radical (unpaired) electrons. The summed E-state index contributed by atoms with van der Waals surface area (Å²) in [4.78, 5) is 39.5. The van der Waals surface area contributed by atoms with Crippen LogP contribution in [0.5, 0.6) is 0 Å². The fraction of sp³-hybridized carbons (Fsp3) is 0.231. The Morgan fingerprint density at radius 1 is 1.35 bits per heavy atom. The van der Waals surface area contributed by atoms with Gasteiger partial charge in [0.2, 0.25) is 11.8 Å². The molecular weight excluding hydrogens is 260 g/mol. The zero-order chi connectivity index (χ0) is 14.3. The Kier molecular flexibility index (Phi) is 2.74. The number of nitrogen functional groups attached to an aromatic ring is 1. The topological polar surface area (TPSA) is 107 Å². The van der Waals surface area contributed by atoms with E-state index in [2.05, 4.69) is 10.3 Å². The summed E-state index contributed by atoms with van der Waals surface area (Å²) in [5.74, 6) is -1.40. The number of imide groups is 1. The van der Waals surface area contributed by atoms with Crippen molar-refractivity contribution in [1.82, 2.24) is 14.7 Å². The molecule has 1 aliphatic rings. The van der Waals surface area contributed by atoms with Crippen molar-refractivity contribution in [2.24, 2.45) is 0 Å². The molecule has 0 aromatic carbocycles. The summed E-state index contributed by atoms with van der Waals surface area (Å²) in [6.45, 7) is 0. The molecule has 2 aromatic rings. The fourth-order valence-corrected chi connectivity index (χ4v) is 2.33. The number of fused-ring (bicyclic) bond motifs is 1. The van der Waals surface area contributed by atoms with Crippen molar-refractivity contribution < 1.29 is 9.59 Å². The maximum atomic E-state index is 12.4. The van der Waals surface area contributed by atoms with Crippen LogP contribution in [0.25, 0.3) is 5.65 Å². The van der Waals surface area contributed by atoms with Gasteiger partial charge in [-0.1, -0.05) is 0 Å². The standard InChI is InChI=1S/C13H12N4O3/c14-7-3-4-17-10(5-7)15-6-9(13(17)20)8-1-2-11(18)16-12(8)19/h3-6,8H,1-2,14H2,(H,16,18,19). The summed E-state index contributed by atoms with van der Waals surface area (Å²) in [6.07, 6.45) is 3.45. The van der Waals surface area contributed by atoms with Crippen molar-refractivity contribution in [3.05, 3.63) is 40.4 Å². The third kappa shape index (κ3) is 1.93. The lowest BCUT2D eigenvalue weighted by atomic mass is 9.92. The van der Waals surface area contributed by atoms with Gasteiger partial charge in [0.1, 0.15) is 5.65 Å². The van der Waals surface area contributed by atoms with Gasteiger partial charge in [-0.25, -0.2) is 4.98 Å². The largest absolute Gasteiger partial charge is 0.399 e. The highest BCUT2D eigenvalue weighted by Gasteiger charge is 2.30. The van der Waals surface area contributed by atoms with Gasteiger partial charge >= 0.3 is 0 Å². The van der Waals surface area contributed by atoms with Crippen LogP contribution in [0, 0.1) is 0 Å². The molecule has 7 heteroatoms. The molecule has 102 valence electrons. The van der Waals surface area contributed by atoms with Gasteiger partial charge in [-0.2, -0.15) is 0 Å². The predicted octanol–water partition coefficient (Wildman–Crippen LogP) is -0.203. The van der Waals surface area contributed by atoms with Gasteiger partial charge < -0.3 is 5.73 Å². The highest BCUT2D eigenvalue weighted by molar-refractivity contribution is 6.00. The minimum Gasteiger partial charge on any atom is -0.399 e. The van der Waals surface area contributed by atoms with Crippen LogP contribution in [0.15, 0.2) is 29.3 Å². The quantitative estimate of drug-likeness (QED) is 0.699. The van der Waals surface area contributed by atoms with Gasteiger partial charge in [-0.05, 0) is 12.5 Å². The molecule has 2 aromatic heterocycles. The monoisotopic (exact) mass is 272 g/mol. The van der Waals surface area contributed by atoms with Crippen LogP contribution >= 0.6 is 0 Å². The number of carbonyl (C=O) groups is 2. The van der Waals surface area contributed by atoms with Gasteiger partial charge in [0, 0.05) is 36.1 Å². The number of rotatable bonds is 1. The molecule has 2 amide bonds. The van der Waals surface area contributed by atoms with E-state index in [1.165, 1.54) is 16.8 Å². The number of carbonyl (C=O) groups excluding carboxylic acids is 2. The molecule has 0 bridgehead atoms. The molecule has 3 N–H and O–H groups in total. The van der Waals surface area contributed by atoms with Crippen molar-refractivity contribution in [3.8, 4) is 0 Å². The lowest BCUT2D eigenvalue weighted by Crippen LogP contribution is -2.41. The van der Waals surface area contributed by atoms with E-state index in [9.17, 15) is 14.4 Å². The Labute approximate surface area is 113 Å². The normalized spacial score (nSPS) is 19.1. The van der Waals surface area contributed by atoms with Gasteiger partial charge in [0.25, 0.3) is 5.56 Å². The minimum atomic E-state index is -0.637. The molecule has 20 heavy (non-hydrogen) atoms. The summed E-state index contributed by atoms with van der Waals surface area (Å²) in [5.41, 5.74) is 6.54. The Morgan fingerprint density at radius 2 is 2.15 bits per heavy atom. The first-order chi connectivity index (χ1) is 9.56. The van der Waals surface area contributed by atoms with Crippen molar-refractivity contribution >= 4 is 23.1 Å². The zero-order valence-electron chi connectivity index (χ0n) is 10.5. The maximum absolute atomic E-state index is 12.4. The Hall–Kier alpha value is -2.70. The van der Waals surface area contributed by atoms with Crippen LogP contribution in [0.3, 0.4) is 0 Å². The zero-order valence-corrected chi connectivity index (χ0v) is 10.5. The third-order valence-corrected chi connectivity index (χ3v) is 3.37. The summed E-state index contributed by atoms with van der Waals surface area (Å²) in [5, 5.41) is 2.24. The first-order valence-corrected chi connectivity index (χ1v) is 6.17. The number of hydrogen-bond acceptors (Lipinski definition) is 5. The molecule has 3 heterocycles. The maximum Gasteiger partial charge on any atom is 0.261 e. The number of nitrogens with two attached hydrogens (primary N) is 1. The second-order valence-corrected chi connectivity index (χ2v) is 4.71. The van der Waals surface area contributed by atoms with E-state index in [-0.39, 0.29) is 23.5 Å². The van der Waals surface area contributed by atoms with Gasteiger partial charge in [-0.3, -0.25) is 24.1 Å². The average molecular weight is 272 g/mol. The Balaban J connectivity index is 2.11. The number of nitrogens with zero attached hydrogens (tertiary/aromatic N) is 2. The average Bonchev–Trinajstić information content (AvgIpc) is 2.40. The molecule has 0 aliphatic carbocycles. The molecule has 7 nitrogen and oxygen atoms in total. The van der Waals surface area contributed by atoms with Crippen LogP contribution in [-0.2, 0) is 9.59 Å². The summed E-state index contributed by atoms with van der Waals surface area (Å²) < 4.78 is 1.34. The molecular formula is C13H12N4O3. The van der Waals surface area contributed by atoms with Crippen molar-refractivity contribution in [3.63, 3.8) is 0 Å². The fourth-order valence-electron chi connectivity index (χ4n) is 2.33. The Morgan fingerprint density at radius 3 is 2.90 bits per heavy atom. The number of piperidine rings is 1. The van der Waals surface area contributed by atoms with Crippen LogP contribution in [0.1, 0.15) is 24.3 Å².